The number of hydrogen-bond donors (Lipinski definition) is 0. The van der Waals surface area contributed by atoms with E-state index in [0.29, 0.717) is 12.8 Å². The van der Waals surface area contributed by atoms with Crippen LogP contribution in [0.4, 0.5) is 0 Å². The summed E-state index contributed by atoms with van der Waals surface area (Å²) in [6, 6.07) is 2.20. The summed E-state index contributed by atoms with van der Waals surface area (Å²) in [4.78, 5) is 24.9. The van der Waals surface area contributed by atoms with Crippen molar-refractivity contribution >= 4 is 11.9 Å². The maximum Gasteiger partial charge on any atom is 0.312 e. The van der Waals surface area contributed by atoms with E-state index in [1.54, 1.807) is 0 Å². The van der Waals surface area contributed by atoms with Crippen LogP contribution in [-0.4, -0.2) is 24.1 Å². The van der Waals surface area contributed by atoms with Gasteiger partial charge in [-0.15, -0.1) is 0 Å². The third-order valence-electron chi connectivity index (χ3n) is 5.84. The SMILES string of the molecule is CC(C)(C)CC(C)(C(=O)OC1C2CC(=O)OC1C(C#N)C2)C(C)(C)C. The number of fused-ring (bicyclic) bond motifs is 2. The Morgan fingerprint density at radius 1 is 1.24 bits per heavy atom. The smallest absolute Gasteiger partial charge is 0.312 e. The van der Waals surface area contributed by atoms with Gasteiger partial charge in [0.25, 0.3) is 0 Å². The highest BCUT2D eigenvalue weighted by Gasteiger charge is 2.55. The average Bonchev–Trinajstić information content (AvgIpc) is 2.63. The second kappa shape index (κ2) is 6.30. The van der Waals surface area contributed by atoms with Gasteiger partial charge in [-0.2, -0.15) is 5.26 Å². The van der Waals surface area contributed by atoms with E-state index in [9.17, 15) is 14.9 Å². The van der Waals surface area contributed by atoms with Gasteiger partial charge in [-0.3, -0.25) is 9.59 Å². The monoisotopic (exact) mass is 349 g/mol. The third-order valence-corrected chi connectivity index (χ3v) is 5.84. The molecule has 2 aliphatic rings. The van der Waals surface area contributed by atoms with Crippen LogP contribution in [0.15, 0.2) is 0 Å². The third kappa shape index (κ3) is 3.83. The topological polar surface area (TPSA) is 76.4 Å². The highest BCUT2D eigenvalue weighted by Crippen LogP contribution is 2.49. The van der Waals surface area contributed by atoms with E-state index in [-0.39, 0.29) is 35.1 Å². The van der Waals surface area contributed by atoms with E-state index in [1.807, 2.05) is 27.7 Å². The summed E-state index contributed by atoms with van der Waals surface area (Å²) in [6.07, 6.45) is 0.330. The molecule has 5 nitrogen and oxygen atoms in total. The molecule has 5 unspecified atom stereocenters. The standard InChI is InChI=1S/C20H31NO4/c1-18(2,3)11-20(7,19(4,5)6)17(23)25-15-12-8-13(10-21)16(15)24-14(22)9-12/h12-13,15-16H,8-9,11H2,1-7H3. The van der Waals surface area contributed by atoms with Gasteiger partial charge < -0.3 is 9.47 Å². The van der Waals surface area contributed by atoms with E-state index in [4.69, 9.17) is 9.47 Å². The fourth-order valence-corrected chi connectivity index (χ4v) is 4.10. The maximum atomic E-state index is 13.2. The largest absolute Gasteiger partial charge is 0.458 e. The average molecular weight is 349 g/mol. The highest BCUT2D eigenvalue weighted by atomic mass is 16.6. The lowest BCUT2D eigenvalue weighted by molar-refractivity contribution is -0.190. The van der Waals surface area contributed by atoms with E-state index in [2.05, 4.69) is 26.8 Å². The Labute approximate surface area is 151 Å². The Bertz CT molecular complexity index is 592. The molecule has 5 heteroatoms. The van der Waals surface area contributed by atoms with Crippen LogP contribution in [-0.2, 0) is 19.1 Å². The molecule has 25 heavy (non-hydrogen) atoms. The number of carbonyl (C=O) groups excluding carboxylic acids is 2. The van der Waals surface area contributed by atoms with Gasteiger partial charge in [-0.05, 0) is 30.6 Å². The fourth-order valence-electron chi connectivity index (χ4n) is 4.10. The van der Waals surface area contributed by atoms with Gasteiger partial charge in [0.2, 0.25) is 0 Å². The molecule has 2 bridgehead atoms. The first-order chi connectivity index (χ1) is 11.3. The molecular formula is C20H31NO4. The van der Waals surface area contributed by atoms with Crippen molar-refractivity contribution in [2.75, 3.05) is 0 Å². The van der Waals surface area contributed by atoms with E-state index < -0.39 is 23.5 Å². The first-order valence-electron chi connectivity index (χ1n) is 9.09. The van der Waals surface area contributed by atoms with Gasteiger partial charge in [0.15, 0.2) is 6.10 Å². The summed E-state index contributed by atoms with van der Waals surface area (Å²) in [5, 5.41) is 9.31. The predicted molar refractivity (Wildman–Crippen MR) is 93.2 cm³/mol. The van der Waals surface area contributed by atoms with Crippen LogP contribution in [0, 0.1) is 39.4 Å². The Morgan fingerprint density at radius 2 is 1.84 bits per heavy atom. The molecule has 0 aromatic carbocycles. The first-order valence-corrected chi connectivity index (χ1v) is 9.09. The van der Waals surface area contributed by atoms with Crippen molar-refractivity contribution in [3.05, 3.63) is 0 Å². The molecule has 5 atom stereocenters. The lowest BCUT2D eigenvalue weighted by atomic mass is 9.61. The van der Waals surface area contributed by atoms with Gasteiger partial charge in [-0.1, -0.05) is 41.5 Å². The molecule has 2 fully saturated rings. The van der Waals surface area contributed by atoms with Crippen LogP contribution in [0.3, 0.4) is 0 Å². The number of nitrogens with zero attached hydrogens (tertiary/aromatic N) is 1. The first kappa shape index (κ1) is 19.8. The Hall–Kier alpha value is -1.57. The molecule has 0 spiro atoms. The summed E-state index contributed by atoms with van der Waals surface area (Å²) < 4.78 is 11.3. The molecule has 0 aromatic rings. The minimum Gasteiger partial charge on any atom is -0.458 e. The second-order valence-electron chi connectivity index (χ2n) is 10.1. The minimum atomic E-state index is -0.672. The van der Waals surface area contributed by atoms with E-state index >= 15 is 0 Å². The molecule has 1 saturated heterocycles. The summed E-state index contributed by atoms with van der Waals surface area (Å²) in [5.41, 5.74) is -0.987. The van der Waals surface area contributed by atoms with Crippen LogP contribution < -0.4 is 0 Å². The van der Waals surface area contributed by atoms with Crippen molar-refractivity contribution < 1.29 is 19.1 Å². The molecule has 1 aliphatic carbocycles. The fraction of sp³-hybridized carbons (Fsp3) is 0.850. The molecule has 140 valence electrons. The Kier molecular flexibility index (Phi) is 4.98. The number of carbonyl (C=O) groups is 2. The molecule has 0 amide bonds. The number of ether oxygens (including phenoxy) is 2. The quantitative estimate of drug-likeness (QED) is 0.723. The maximum absolute atomic E-state index is 13.2. The summed E-state index contributed by atoms with van der Waals surface area (Å²) >= 11 is 0. The Morgan fingerprint density at radius 3 is 2.32 bits per heavy atom. The normalized spacial score (nSPS) is 31.7. The van der Waals surface area contributed by atoms with Gasteiger partial charge in [0.1, 0.15) is 6.10 Å². The zero-order valence-corrected chi connectivity index (χ0v) is 16.5. The number of nitriles is 1. The van der Waals surface area contributed by atoms with Crippen molar-refractivity contribution in [2.45, 2.75) is 79.9 Å². The lowest BCUT2D eigenvalue weighted by Gasteiger charge is -2.44. The number of hydrogen-bond acceptors (Lipinski definition) is 5. The van der Waals surface area contributed by atoms with Gasteiger partial charge >= 0.3 is 11.9 Å². The zero-order valence-electron chi connectivity index (χ0n) is 16.5. The summed E-state index contributed by atoms with van der Waals surface area (Å²) in [7, 11) is 0. The van der Waals surface area contributed by atoms with Crippen LogP contribution >= 0.6 is 0 Å². The molecule has 2 rings (SSSR count). The number of esters is 2. The summed E-state index contributed by atoms with van der Waals surface area (Å²) in [5.74, 6) is -1.06. The van der Waals surface area contributed by atoms with Crippen LogP contribution in [0.25, 0.3) is 0 Å². The molecular weight excluding hydrogens is 318 g/mol. The van der Waals surface area contributed by atoms with Crippen molar-refractivity contribution in [3.63, 3.8) is 0 Å². The number of rotatable bonds is 3. The molecule has 1 aliphatic heterocycles. The van der Waals surface area contributed by atoms with Crippen LogP contribution in [0.1, 0.15) is 67.7 Å². The molecule has 0 radical (unpaired) electrons. The Balaban J connectivity index is 2.24. The van der Waals surface area contributed by atoms with Crippen LogP contribution in [0.5, 0.6) is 0 Å². The van der Waals surface area contributed by atoms with E-state index in [1.165, 1.54) is 0 Å². The van der Waals surface area contributed by atoms with Gasteiger partial charge in [0.05, 0.1) is 23.8 Å². The molecule has 1 saturated carbocycles. The summed E-state index contributed by atoms with van der Waals surface area (Å²) in [6.45, 7) is 14.4. The van der Waals surface area contributed by atoms with E-state index in [0.717, 1.165) is 0 Å². The molecule has 0 aromatic heterocycles. The van der Waals surface area contributed by atoms with Crippen molar-refractivity contribution in [1.82, 2.24) is 0 Å². The predicted octanol–water partition coefficient (Wildman–Crippen LogP) is 3.86. The van der Waals surface area contributed by atoms with Crippen molar-refractivity contribution in [2.24, 2.45) is 28.1 Å². The van der Waals surface area contributed by atoms with Crippen molar-refractivity contribution in [1.29, 1.82) is 5.26 Å². The highest BCUT2D eigenvalue weighted by molar-refractivity contribution is 5.78. The van der Waals surface area contributed by atoms with Crippen molar-refractivity contribution in [3.8, 4) is 6.07 Å². The van der Waals surface area contributed by atoms with Gasteiger partial charge in [0, 0.05) is 5.92 Å². The molecule has 1 heterocycles. The minimum absolute atomic E-state index is 0.0335. The zero-order chi connectivity index (χ0) is 19.2. The molecule has 0 N–H and O–H groups in total. The lowest BCUT2D eigenvalue weighted by Crippen LogP contribution is -2.49. The van der Waals surface area contributed by atoms with Gasteiger partial charge in [-0.25, -0.2) is 0 Å². The second-order valence-corrected chi connectivity index (χ2v) is 10.1. The van der Waals surface area contributed by atoms with Crippen LogP contribution in [0.2, 0.25) is 0 Å².